The maximum atomic E-state index is 13.4. The van der Waals surface area contributed by atoms with Crippen LogP contribution in [0.3, 0.4) is 0 Å². The van der Waals surface area contributed by atoms with E-state index in [-0.39, 0.29) is 28.7 Å². The number of aromatic hydroxyl groups is 4. The number of carboxylic acids is 1. The summed E-state index contributed by atoms with van der Waals surface area (Å²) in [7, 11) is 0. The molecule has 182 valence electrons. The van der Waals surface area contributed by atoms with Crippen molar-refractivity contribution in [1.82, 2.24) is 0 Å². The van der Waals surface area contributed by atoms with E-state index in [4.69, 9.17) is 4.74 Å². The molecular formula is C22H22O12. The molecule has 0 spiro atoms. The molecule has 0 bridgehead atoms. The summed E-state index contributed by atoms with van der Waals surface area (Å²) >= 11 is 0. The van der Waals surface area contributed by atoms with Crippen LogP contribution in [-0.4, -0.2) is 88.7 Å². The minimum Gasteiger partial charge on any atom is -0.507 e. The summed E-state index contributed by atoms with van der Waals surface area (Å²) in [6.07, 6.45) is -8.98. The van der Waals surface area contributed by atoms with Gasteiger partial charge in [0.25, 0.3) is 0 Å². The van der Waals surface area contributed by atoms with E-state index in [2.05, 4.69) is 0 Å². The monoisotopic (exact) mass is 478 g/mol. The maximum absolute atomic E-state index is 13.4. The number of carbonyl (C=O) groups is 2. The number of carboxylic acid groups (broad SMARTS) is 1. The molecule has 34 heavy (non-hydrogen) atoms. The Morgan fingerprint density at radius 1 is 1.00 bits per heavy atom. The Kier molecular flexibility index (Phi) is 5.66. The second-order valence-corrected chi connectivity index (χ2v) is 8.30. The van der Waals surface area contributed by atoms with E-state index in [1.807, 2.05) is 0 Å². The van der Waals surface area contributed by atoms with Crippen LogP contribution in [0, 0.1) is 6.92 Å². The van der Waals surface area contributed by atoms with Gasteiger partial charge in [-0.25, -0.2) is 4.79 Å². The fourth-order valence-corrected chi connectivity index (χ4v) is 4.71. The van der Waals surface area contributed by atoms with E-state index < -0.39 is 88.6 Å². The van der Waals surface area contributed by atoms with E-state index in [1.54, 1.807) is 0 Å². The minimum atomic E-state index is -1.93. The van der Waals surface area contributed by atoms with Crippen molar-refractivity contribution in [3.63, 3.8) is 0 Å². The molecule has 1 aliphatic carbocycles. The molecule has 0 radical (unpaired) electrons. The molecule has 2 aliphatic rings. The number of hydrogen-bond acceptors (Lipinski definition) is 11. The number of benzene rings is 2. The number of phenols is 4. The molecule has 5 unspecified atom stereocenters. The first kappa shape index (κ1) is 23.7. The number of fused-ring (bicyclic) bond motifs is 2. The lowest BCUT2D eigenvalue weighted by atomic mass is 9.78. The third-order valence-corrected chi connectivity index (χ3v) is 6.41. The molecule has 1 fully saturated rings. The molecule has 0 aromatic heterocycles. The Morgan fingerprint density at radius 2 is 1.65 bits per heavy atom. The highest BCUT2D eigenvalue weighted by molar-refractivity contribution is 6.17. The first-order valence-electron chi connectivity index (χ1n) is 10.2. The van der Waals surface area contributed by atoms with E-state index in [1.165, 1.54) is 6.92 Å². The predicted octanol–water partition coefficient (Wildman–Crippen LogP) is -0.834. The minimum absolute atomic E-state index is 0.0838. The summed E-state index contributed by atoms with van der Waals surface area (Å²) in [4.78, 5) is 24.9. The van der Waals surface area contributed by atoms with Gasteiger partial charge in [0.1, 0.15) is 47.6 Å². The summed E-state index contributed by atoms with van der Waals surface area (Å²) < 4.78 is 5.36. The van der Waals surface area contributed by atoms with Gasteiger partial charge in [0.2, 0.25) is 0 Å². The molecule has 1 saturated heterocycles. The summed E-state index contributed by atoms with van der Waals surface area (Å²) in [6, 6.07) is 1.05. The van der Waals surface area contributed by atoms with Gasteiger partial charge in [-0.15, -0.1) is 0 Å². The van der Waals surface area contributed by atoms with Crippen LogP contribution >= 0.6 is 0 Å². The van der Waals surface area contributed by atoms with Crippen LogP contribution in [0.5, 0.6) is 23.0 Å². The van der Waals surface area contributed by atoms with Crippen molar-refractivity contribution >= 4 is 11.8 Å². The Morgan fingerprint density at radius 3 is 2.24 bits per heavy atom. The van der Waals surface area contributed by atoms with Crippen molar-refractivity contribution in [2.75, 3.05) is 6.61 Å². The smallest absolute Gasteiger partial charge is 0.339 e. The number of aromatic carboxylic acids is 1. The standard InChI is InChI=1S/C22H22O12/c1-5-10-6(3-8(24)11(5)22(32)33)2-7-12(16(10)27)17(28)13(18(29)14(7)25)21-20(31)19(30)15(26)9(4-23)34-21/h3,9,15,19-21,23-26,28-31H,2,4H2,1H3,(H,32,33). The lowest BCUT2D eigenvalue weighted by Gasteiger charge is -2.40. The molecule has 12 heteroatoms. The van der Waals surface area contributed by atoms with Gasteiger partial charge in [-0.2, -0.15) is 0 Å². The van der Waals surface area contributed by atoms with Crippen LogP contribution in [0.4, 0.5) is 0 Å². The number of aliphatic hydroxyl groups excluding tert-OH is 4. The number of hydrogen-bond donors (Lipinski definition) is 9. The van der Waals surface area contributed by atoms with E-state index in [0.29, 0.717) is 0 Å². The van der Waals surface area contributed by atoms with Crippen LogP contribution in [-0.2, 0) is 11.2 Å². The topological polar surface area (TPSA) is 225 Å². The van der Waals surface area contributed by atoms with Crippen LogP contribution in [0.25, 0.3) is 0 Å². The quantitative estimate of drug-likeness (QED) is 0.166. The highest BCUT2D eigenvalue weighted by atomic mass is 16.5. The van der Waals surface area contributed by atoms with Gasteiger partial charge in [-0.3, -0.25) is 4.79 Å². The third kappa shape index (κ3) is 3.19. The van der Waals surface area contributed by atoms with Crippen molar-refractivity contribution in [2.45, 2.75) is 43.9 Å². The average molecular weight is 478 g/mol. The highest BCUT2D eigenvalue weighted by Crippen LogP contribution is 2.52. The first-order valence-corrected chi connectivity index (χ1v) is 10.2. The van der Waals surface area contributed by atoms with Crippen molar-refractivity contribution < 1.29 is 60.3 Å². The van der Waals surface area contributed by atoms with Crippen LogP contribution < -0.4 is 0 Å². The Bertz CT molecular complexity index is 1220. The van der Waals surface area contributed by atoms with E-state index >= 15 is 0 Å². The van der Waals surface area contributed by atoms with Crippen molar-refractivity contribution in [3.8, 4) is 23.0 Å². The molecular weight excluding hydrogens is 456 g/mol. The van der Waals surface area contributed by atoms with Gasteiger partial charge in [-0.1, -0.05) is 0 Å². The summed E-state index contributed by atoms with van der Waals surface area (Å²) in [5.41, 5.74) is -1.98. The van der Waals surface area contributed by atoms with Crippen molar-refractivity contribution in [2.24, 2.45) is 0 Å². The normalized spacial score (nSPS) is 26.1. The Balaban J connectivity index is 1.93. The van der Waals surface area contributed by atoms with Gasteiger partial charge in [0.05, 0.1) is 17.7 Å². The van der Waals surface area contributed by atoms with Crippen molar-refractivity contribution in [1.29, 1.82) is 0 Å². The Labute approximate surface area is 191 Å². The lowest BCUT2D eigenvalue weighted by molar-refractivity contribution is -0.232. The molecule has 5 atom stereocenters. The second-order valence-electron chi connectivity index (χ2n) is 8.30. The average Bonchev–Trinajstić information content (AvgIpc) is 2.76. The number of ether oxygens (including phenoxy) is 1. The number of aliphatic hydroxyl groups is 4. The summed E-state index contributed by atoms with van der Waals surface area (Å²) in [6.45, 7) is 0.494. The zero-order chi connectivity index (χ0) is 25.2. The zero-order valence-corrected chi connectivity index (χ0v) is 17.6. The largest absolute Gasteiger partial charge is 0.507 e. The molecule has 12 nitrogen and oxygen atoms in total. The van der Waals surface area contributed by atoms with Gasteiger partial charge in [0, 0.05) is 17.5 Å². The van der Waals surface area contributed by atoms with Gasteiger partial charge in [0.15, 0.2) is 17.3 Å². The highest BCUT2D eigenvalue weighted by Gasteiger charge is 2.47. The zero-order valence-electron chi connectivity index (χ0n) is 17.6. The molecule has 4 rings (SSSR count). The molecule has 9 N–H and O–H groups in total. The first-order chi connectivity index (χ1) is 15.9. The second kappa shape index (κ2) is 8.11. The molecule has 1 aliphatic heterocycles. The van der Waals surface area contributed by atoms with Gasteiger partial charge >= 0.3 is 5.97 Å². The molecule has 1 heterocycles. The molecule has 0 amide bonds. The number of rotatable bonds is 3. The SMILES string of the molecule is Cc1c(C(=O)O)c(O)cc2c1C(=O)c1c(O)c(C3OC(CO)C(O)C(O)C3O)c(O)c(O)c1C2. The number of carbonyl (C=O) groups excluding carboxylic acids is 1. The van der Waals surface area contributed by atoms with Crippen LogP contribution in [0.1, 0.15) is 54.6 Å². The van der Waals surface area contributed by atoms with Gasteiger partial charge < -0.3 is 50.7 Å². The molecule has 2 aromatic rings. The molecule has 2 aromatic carbocycles. The third-order valence-electron chi connectivity index (χ3n) is 6.41. The van der Waals surface area contributed by atoms with Crippen molar-refractivity contribution in [3.05, 3.63) is 45.0 Å². The predicted molar refractivity (Wildman–Crippen MR) is 110 cm³/mol. The lowest BCUT2D eigenvalue weighted by Crippen LogP contribution is -2.55. The summed E-state index contributed by atoms with van der Waals surface area (Å²) in [5, 5.41) is 91.7. The number of ketones is 1. The number of phenolic OH excluding ortho intramolecular Hbond substituents is 3. The fourth-order valence-electron chi connectivity index (χ4n) is 4.71. The van der Waals surface area contributed by atoms with Crippen LogP contribution in [0.15, 0.2) is 6.07 Å². The van der Waals surface area contributed by atoms with E-state index in [0.717, 1.165) is 6.07 Å². The Hall–Kier alpha value is -3.42. The molecule has 0 saturated carbocycles. The maximum Gasteiger partial charge on any atom is 0.339 e. The van der Waals surface area contributed by atoms with E-state index in [9.17, 15) is 55.5 Å². The van der Waals surface area contributed by atoms with Gasteiger partial charge in [-0.05, 0) is 24.1 Å². The van der Waals surface area contributed by atoms with Crippen LogP contribution in [0.2, 0.25) is 0 Å². The summed E-state index contributed by atoms with van der Waals surface area (Å²) in [5.74, 6) is -5.75. The fraction of sp³-hybridized carbons (Fsp3) is 0.364.